The van der Waals surface area contributed by atoms with Crippen molar-refractivity contribution in [2.75, 3.05) is 25.0 Å². The number of hydrogen-bond acceptors (Lipinski definition) is 4. The first-order valence-electron chi connectivity index (χ1n) is 10.3. The molecule has 0 fully saturated rings. The molecule has 31 heavy (non-hydrogen) atoms. The van der Waals surface area contributed by atoms with Crippen LogP contribution in [-0.4, -0.2) is 41.5 Å². The molecule has 2 N–H and O–H groups in total. The van der Waals surface area contributed by atoms with Crippen LogP contribution in [0.15, 0.2) is 46.9 Å². The van der Waals surface area contributed by atoms with Crippen LogP contribution in [0.25, 0.3) is 0 Å². The molecule has 2 aromatic carbocycles. The van der Waals surface area contributed by atoms with Crippen molar-refractivity contribution < 1.29 is 14.3 Å². The second-order valence-electron chi connectivity index (χ2n) is 6.85. The van der Waals surface area contributed by atoms with Gasteiger partial charge < -0.3 is 15.0 Å². The number of hydrogen-bond donors (Lipinski definition) is 2. The van der Waals surface area contributed by atoms with Crippen LogP contribution < -0.4 is 15.4 Å². The van der Waals surface area contributed by atoms with Gasteiger partial charge in [-0.2, -0.15) is 0 Å². The van der Waals surface area contributed by atoms with Gasteiger partial charge in [-0.3, -0.25) is 14.9 Å². The Kier molecular flexibility index (Phi) is 9.94. The molecule has 0 saturated heterocycles. The average molecular weight is 506 g/mol. The standard InChI is InChI=1S/C23H28BrN3O3S/c1-4-12-27(13-5-2)22(29)16-8-7-9-18(14-16)25-23(31)26-21(28)19-15-17(24)10-11-20(19)30-6-3/h7-11,14-15H,4-6,12-13H2,1-3H3,(H2,25,26,28,31). The summed E-state index contributed by atoms with van der Waals surface area (Å²) in [5, 5.41) is 5.79. The Hall–Kier alpha value is -2.45. The molecular weight excluding hydrogens is 478 g/mol. The lowest BCUT2D eigenvalue weighted by molar-refractivity contribution is 0.0755. The van der Waals surface area contributed by atoms with E-state index in [1.165, 1.54) is 0 Å². The number of nitrogens with one attached hydrogen (secondary N) is 2. The molecule has 0 spiro atoms. The Morgan fingerprint density at radius 2 is 1.77 bits per heavy atom. The Morgan fingerprint density at radius 3 is 2.42 bits per heavy atom. The van der Waals surface area contributed by atoms with Gasteiger partial charge in [0, 0.05) is 28.8 Å². The first kappa shape index (κ1) is 24.8. The van der Waals surface area contributed by atoms with Gasteiger partial charge in [-0.15, -0.1) is 0 Å². The molecule has 0 aliphatic heterocycles. The Labute approximate surface area is 197 Å². The van der Waals surface area contributed by atoms with Crippen molar-refractivity contribution >= 4 is 50.8 Å². The maximum atomic E-state index is 12.8. The van der Waals surface area contributed by atoms with Crippen LogP contribution in [-0.2, 0) is 0 Å². The summed E-state index contributed by atoms with van der Waals surface area (Å²) in [5.74, 6) is 0.0786. The molecule has 2 amide bonds. The van der Waals surface area contributed by atoms with Crippen LogP contribution in [0.2, 0.25) is 0 Å². The van der Waals surface area contributed by atoms with Gasteiger partial charge in [0.25, 0.3) is 11.8 Å². The lowest BCUT2D eigenvalue weighted by Gasteiger charge is -2.22. The highest BCUT2D eigenvalue weighted by Gasteiger charge is 2.17. The topological polar surface area (TPSA) is 70.7 Å². The van der Waals surface area contributed by atoms with Gasteiger partial charge >= 0.3 is 0 Å². The van der Waals surface area contributed by atoms with Gasteiger partial charge in [-0.05, 0) is 68.4 Å². The molecule has 0 saturated carbocycles. The largest absolute Gasteiger partial charge is 0.493 e. The van der Waals surface area contributed by atoms with Crippen molar-refractivity contribution in [1.29, 1.82) is 0 Å². The van der Waals surface area contributed by atoms with Crippen molar-refractivity contribution in [2.24, 2.45) is 0 Å². The van der Waals surface area contributed by atoms with Gasteiger partial charge in [0.15, 0.2) is 5.11 Å². The number of ether oxygens (including phenoxy) is 1. The second kappa shape index (κ2) is 12.4. The van der Waals surface area contributed by atoms with E-state index < -0.39 is 0 Å². The van der Waals surface area contributed by atoms with Crippen molar-refractivity contribution in [3.8, 4) is 5.75 Å². The summed E-state index contributed by atoms with van der Waals surface area (Å²) >= 11 is 8.68. The van der Waals surface area contributed by atoms with E-state index in [0.717, 1.165) is 17.3 Å². The van der Waals surface area contributed by atoms with E-state index in [2.05, 4.69) is 40.4 Å². The minimum Gasteiger partial charge on any atom is -0.493 e. The third-order valence-corrected chi connectivity index (χ3v) is 5.05. The number of anilines is 1. The molecular formula is C23H28BrN3O3S. The molecule has 0 aliphatic rings. The van der Waals surface area contributed by atoms with Crippen molar-refractivity contribution in [3.63, 3.8) is 0 Å². The smallest absolute Gasteiger partial charge is 0.261 e. The maximum Gasteiger partial charge on any atom is 0.261 e. The molecule has 6 nitrogen and oxygen atoms in total. The number of rotatable bonds is 9. The minimum absolute atomic E-state index is 0.0159. The highest BCUT2D eigenvalue weighted by molar-refractivity contribution is 9.10. The molecule has 0 unspecified atom stereocenters. The van der Waals surface area contributed by atoms with Crippen LogP contribution in [0, 0.1) is 0 Å². The molecule has 0 aliphatic carbocycles. The van der Waals surface area contributed by atoms with E-state index in [-0.39, 0.29) is 16.9 Å². The summed E-state index contributed by atoms with van der Waals surface area (Å²) < 4.78 is 6.29. The van der Waals surface area contributed by atoms with Crippen LogP contribution in [0.3, 0.4) is 0 Å². The van der Waals surface area contributed by atoms with Gasteiger partial charge in [0.2, 0.25) is 0 Å². The minimum atomic E-state index is -0.383. The molecule has 0 radical (unpaired) electrons. The van der Waals surface area contributed by atoms with Gasteiger partial charge in [0.1, 0.15) is 5.75 Å². The number of halogens is 1. The van der Waals surface area contributed by atoms with Crippen molar-refractivity contribution in [1.82, 2.24) is 10.2 Å². The zero-order valence-corrected chi connectivity index (χ0v) is 20.4. The first-order valence-corrected chi connectivity index (χ1v) is 11.5. The molecule has 2 rings (SSSR count). The summed E-state index contributed by atoms with van der Waals surface area (Å²) in [5.41, 5.74) is 1.58. The SMILES string of the molecule is CCCN(CCC)C(=O)c1cccc(NC(=S)NC(=O)c2cc(Br)ccc2OCC)c1. The molecule has 0 bridgehead atoms. The van der Waals surface area contributed by atoms with E-state index in [4.69, 9.17) is 17.0 Å². The van der Waals surface area contributed by atoms with E-state index in [0.29, 0.717) is 42.3 Å². The maximum absolute atomic E-state index is 12.8. The fourth-order valence-electron chi connectivity index (χ4n) is 3.06. The Balaban J connectivity index is 2.09. The molecule has 0 heterocycles. The summed E-state index contributed by atoms with van der Waals surface area (Å²) in [7, 11) is 0. The lowest BCUT2D eigenvalue weighted by atomic mass is 10.1. The monoisotopic (exact) mass is 505 g/mol. The normalized spacial score (nSPS) is 10.3. The predicted molar refractivity (Wildman–Crippen MR) is 132 cm³/mol. The van der Waals surface area contributed by atoms with E-state index in [1.54, 1.807) is 42.5 Å². The lowest BCUT2D eigenvalue weighted by Crippen LogP contribution is -2.34. The van der Waals surface area contributed by atoms with Crippen molar-refractivity contribution in [2.45, 2.75) is 33.6 Å². The summed E-state index contributed by atoms with van der Waals surface area (Å²) in [4.78, 5) is 27.4. The average Bonchev–Trinajstić information content (AvgIpc) is 2.74. The van der Waals surface area contributed by atoms with Crippen LogP contribution in [0.1, 0.15) is 54.3 Å². The van der Waals surface area contributed by atoms with E-state index in [9.17, 15) is 9.59 Å². The van der Waals surface area contributed by atoms with E-state index >= 15 is 0 Å². The fraction of sp³-hybridized carbons (Fsp3) is 0.348. The highest BCUT2D eigenvalue weighted by atomic mass is 79.9. The van der Waals surface area contributed by atoms with Gasteiger partial charge in [0.05, 0.1) is 12.2 Å². The fourth-order valence-corrected chi connectivity index (χ4v) is 3.63. The third kappa shape index (κ3) is 7.33. The number of thiocarbonyl (C=S) groups is 1. The van der Waals surface area contributed by atoms with Crippen LogP contribution >= 0.6 is 28.1 Å². The quantitative estimate of drug-likeness (QED) is 0.456. The van der Waals surface area contributed by atoms with Gasteiger partial charge in [-0.25, -0.2) is 0 Å². The zero-order chi connectivity index (χ0) is 22.8. The number of carbonyl (C=O) groups is 2. The number of nitrogens with zero attached hydrogens (tertiary/aromatic N) is 1. The highest BCUT2D eigenvalue weighted by Crippen LogP contribution is 2.23. The Bertz CT molecular complexity index is 930. The first-order chi connectivity index (χ1) is 14.9. The zero-order valence-electron chi connectivity index (χ0n) is 18.0. The van der Waals surface area contributed by atoms with Gasteiger partial charge in [-0.1, -0.05) is 35.8 Å². The molecule has 0 atom stereocenters. The molecule has 166 valence electrons. The molecule has 2 aromatic rings. The summed E-state index contributed by atoms with van der Waals surface area (Å²) in [6.07, 6.45) is 1.80. The second-order valence-corrected chi connectivity index (χ2v) is 8.18. The van der Waals surface area contributed by atoms with Crippen LogP contribution in [0.4, 0.5) is 5.69 Å². The van der Waals surface area contributed by atoms with E-state index in [1.807, 2.05) is 11.8 Å². The summed E-state index contributed by atoms with van der Waals surface area (Å²) in [6.45, 7) is 7.83. The molecule has 8 heteroatoms. The number of carbonyl (C=O) groups excluding carboxylic acids is 2. The van der Waals surface area contributed by atoms with Crippen LogP contribution in [0.5, 0.6) is 5.75 Å². The predicted octanol–water partition coefficient (Wildman–Crippen LogP) is 5.24. The number of benzene rings is 2. The third-order valence-electron chi connectivity index (χ3n) is 4.35. The molecule has 0 aromatic heterocycles. The number of amides is 2. The Morgan fingerprint density at radius 1 is 1.06 bits per heavy atom. The van der Waals surface area contributed by atoms with Crippen molar-refractivity contribution in [3.05, 3.63) is 58.1 Å². The summed E-state index contributed by atoms with van der Waals surface area (Å²) in [6, 6.07) is 12.3.